The molecule has 1 heterocycles. The molecule has 0 amide bonds. The molecule has 90 valence electrons. The van der Waals surface area contributed by atoms with Crippen molar-refractivity contribution in [2.75, 3.05) is 11.1 Å². The quantitative estimate of drug-likeness (QED) is 0.821. The van der Waals surface area contributed by atoms with Crippen LogP contribution in [0.1, 0.15) is 5.82 Å². The van der Waals surface area contributed by atoms with Crippen LogP contribution in [-0.2, 0) is 13.6 Å². The number of aryl methyl sites for hydroxylation is 1. The van der Waals surface area contributed by atoms with Gasteiger partial charge < -0.3 is 11.1 Å². The van der Waals surface area contributed by atoms with Gasteiger partial charge in [-0.05, 0) is 6.07 Å². The van der Waals surface area contributed by atoms with E-state index in [0.29, 0.717) is 23.7 Å². The molecule has 1 aromatic carbocycles. The second-order valence-corrected chi connectivity index (χ2v) is 3.95. The third-order valence-electron chi connectivity index (χ3n) is 2.18. The Balaban J connectivity index is 2.11. The Kier molecular flexibility index (Phi) is 3.14. The zero-order chi connectivity index (χ0) is 12.4. The molecule has 0 atom stereocenters. The summed E-state index contributed by atoms with van der Waals surface area (Å²) >= 11 is 5.67. The van der Waals surface area contributed by atoms with Crippen molar-refractivity contribution >= 4 is 23.0 Å². The number of hydrogen-bond acceptors (Lipinski definition) is 4. The molecule has 0 saturated heterocycles. The van der Waals surface area contributed by atoms with Crippen molar-refractivity contribution in [1.82, 2.24) is 14.8 Å². The van der Waals surface area contributed by atoms with Crippen LogP contribution in [0.3, 0.4) is 0 Å². The molecule has 0 radical (unpaired) electrons. The second-order valence-electron chi connectivity index (χ2n) is 3.54. The first kappa shape index (κ1) is 11.7. The van der Waals surface area contributed by atoms with Gasteiger partial charge in [0.1, 0.15) is 12.1 Å². The van der Waals surface area contributed by atoms with Crippen molar-refractivity contribution < 1.29 is 4.39 Å². The zero-order valence-corrected chi connectivity index (χ0v) is 9.87. The number of halogens is 2. The summed E-state index contributed by atoms with van der Waals surface area (Å²) in [6.45, 7) is 0.396. The van der Waals surface area contributed by atoms with E-state index in [4.69, 9.17) is 17.3 Å². The average molecular weight is 256 g/mol. The molecule has 0 spiro atoms. The molecule has 2 rings (SSSR count). The van der Waals surface area contributed by atoms with Crippen LogP contribution >= 0.6 is 11.6 Å². The van der Waals surface area contributed by atoms with E-state index in [-0.39, 0.29) is 5.02 Å². The van der Waals surface area contributed by atoms with Gasteiger partial charge in [0.2, 0.25) is 0 Å². The van der Waals surface area contributed by atoms with E-state index in [0.717, 1.165) is 0 Å². The Bertz CT molecular complexity index is 539. The van der Waals surface area contributed by atoms with Gasteiger partial charge in [-0.15, -0.1) is 0 Å². The lowest BCUT2D eigenvalue weighted by Gasteiger charge is -2.08. The molecule has 3 N–H and O–H groups in total. The number of rotatable bonds is 3. The molecule has 7 heteroatoms. The Hall–Kier alpha value is -1.82. The molecule has 0 saturated carbocycles. The van der Waals surface area contributed by atoms with Crippen LogP contribution in [0.5, 0.6) is 0 Å². The molecule has 2 aromatic rings. The predicted molar refractivity (Wildman–Crippen MR) is 64.2 cm³/mol. The van der Waals surface area contributed by atoms with Gasteiger partial charge >= 0.3 is 0 Å². The van der Waals surface area contributed by atoms with Gasteiger partial charge in [-0.3, -0.25) is 4.68 Å². The summed E-state index contributed by atoms with van der Waals surface area (Å²) in [6.07, 6.45) is 1.60. The van der Waals surface area contributed by atoms with Crippen molar-refractivity contribution in [2.45, 2.75) is 6.54 Å². The Morgan fingerprint density at radius 2 is 2.29 bits per heavy atom. The highest BCUT2D eigenvalue weighted by Gasteiger charge is 2.07. The fourth-order valence-corrected chi connectivity index (χ4v) is 1.52. The highest BCUT2D eigenvalue weighted by Crippen LogP contribution is 2.26. The Morgan fingerprint density at radius 3 is 2.94 bits per heavy atom. The lowest BCUT2D eigenvalue weighted by molar-refractivity contribution is 0.629. The number of nitrogens with two attached hydrogens (primary N) is 1. The van der Waals surface area contributed by atoms with Crippen LogP contribution in [0.2, 0.25) is 5.02 Å². The van der Waals surface area contributed by atoms with E-state index in [1.165, 1.54) is 12.1 Å². The molecule has 0 bridgehead atoms. The van der Waals surface area contributed by atoms with Crippen molar-refractivity contribution in [3.05, 3.63) is 35.1 Å². The summed E-state index contributed by atoms with van der Waals surface area (Å²) in [4.78, 5) is 4.04. The van der Waals surface area contributed by atoms with Crippen molar-refractivity contribution in [1.29, 1.82) is 0 Å². The van der Waals surface area contributed by atoms with Gasteiger partial charge in [0, 0.05) is 13.1 Å². The minimum Gasteiger partial charge on any atom is -0.397 e. The number of nitrogen functional groups attached to an aromatic ring is 1. The standard InChI is InChI=1S/C10H11ClFN5/c1-17-5-15-10(16-17)4-14-9-2-6(11)7(12)3-8(9)13/h2-3,5,14H,4,13H2,1H3. The van der Waals surface area contributed by atoms with Gasteiger partial charge in [-0.2, -0.15) is 5.10 Å². The zero-order valence-electron chi connectivity index (χ0n) is 9.11. The first-order valence-corrected chi connectivity index (χ1v) is 5.27. The summed E-state index contributed by atoms with van der Waals surface area (Å²) in [5.74, 6) is 0.0815. The lowest BCUT2D eigenvalue weighted by atomic mass is 10.2. The van der Waals surface area contributed by atoms with Gasteiger partial charge in [0.05, 0.1) is 22.9 Å². The second kappa shape index (κ2) is 4.58. The predicted octanol–water partition coefficient (Wildman–Crippen LogP) is 1.80. The number of hydrogen-bond donors (Lipinski definition) is 2. The smallest absolute Gasteiger partial charge is 0.169 e. The number of nitrogens with zero attached hydrogens (tertiary/aromatic N) is 3. The van der Waals surface area contributed by atoms with Gasteiger partial charge in [0.15, 0.2) is 5.82 Å². The largest absolute Gasteiger partial charge is 0.397 e. The normalized spacial score (nSPS) is 10.5. The third-order valence-corrected chi connectivity index (χ3v) is 2.47. The Morgan fingerprint density at radius 1 is 1.53 bits per heavy atom. The van der Waals surface area contributed by atoms with Crippen LogP contribution in [0.25, 0.3) is 0 Å². The van der Waals surface area contributed by atoms with Crippen LogP contribution in [0.4, 0.5) is 15.8 Å². The van der Waals surface area contributed by atoms with Gasteiger partial charge in [-0.1, -0.05) is 11.6 Å². The van der Waals surface area contributed by atoms with Crippen LogP contribution in [0, 0.1) is 5.82 Å². The number of benzene rings is 1. The topological polar surface area (TPSA) is 68.8 Å². The molecule has 0 aliphatic rings. The summed E-state index contributed by atoms with van der Waals surface area (Å²) in [5.41, 5.74) is 6.51. The first-order chi connectivity index (χ1) is 8.06. The number of anilines is 2. The minimum absolute atomic E-state index is 0.0238. The fourth-order valence-electron chi connectivity index (χ4n) is 1.35. The van der Waals surface area contributed by atoms with Crippen LogP contribution in [-0.4, -0.2) is 14.8 Å². The summed E-state index contributed by atoms with van der Waals surface area (Å²) in [5, 5.41) is 7.11. The SMILES string of the molecule is Cn1cnc(CNc2cc(Cl)c(F)cc2N)n1. The maximum absolute atomic E-state index is 13.1. The average Bonchev–Trinajstić information content (AvgIpc) is 2.68. The molecular formula is C10H11ClFN5. The molecule has 0 aliphatic carbocycles. The van der Waals surface area contributed by atoms with Gasteiger partial charge in [-0.25, -0.2) is 9.37 Å². The van der Waals surface area contributed by atoms with E-state index >= 15 is 0 Å². The summed E-state index contributed by atoms with van der Waals surface area (Å²) in [6, 6.07) is 2.62. The summed E-state index contributed by atoms with van der Waals surface area (Å²) < 4.78 is 14.7. The highest BCUT2D eigenvalue weighted by molar-refractivity contribution is 6.31. The van der Waals surface area contributed by atoms with E-state index < -0.39 is 5.82 Å². The van der Waals surface area contributed by atoms with Crippen LogP contribution in [0.15, 0.2) is 18.5 Å². The lowest BCUT2D eigenvalue weighted by Crippen LogP contribution is -2.05. The molecule has 1 aromatic heterocycles. The van der Waals surface area contributed by atoms with E-state index in [1.807, 2.05) is 0 Å². The molecule has 5 nitrogen and oxygen atoms in total. The van der Waals surface area contributed by atoms with E-state index in [9.17, 15) is 4.39 Å². The monoisotopic (exact) mass is 255 g/mol. The first-order valence-electron chi connectivity index (χ1n) is 4.89. The Labute approximate surface area is 102 Å². The van der Waals surface area contributed by atoms with Gasteiger partial charge in [0.25, 0.3) is 0 Å². The highest BCUT2D eigenvalue weighted by atomic mass is 35.5. The third kappa shape index (κ3) is 2.65. The van der Waals surface area contributed by atoms with Crippen molar-refractivity contribution in [3.8, 4) is 0 Å². The maximum atomic E-state index is 13.1. The van der Waals surface area contributed by atoms with E-state index in [1.54, 1.807) is 18.1 Å². The molecule has 0 fully saturated rings. The molecular weight excluding hydrogens is 245 g/mol. The molecule has 0 unspecified atom stereocenters. The fraction of sp³-hybridized carbons (Fsp3) is 0.200. The maximum Gasteiger partial charge on any atom is 0.169 e. The minimum atomic E-state index is -0.536. The molecule has 17 heavy (non-hydrogen) atoms. The number of aromatic nitrogens is 3. The van der Waals surface area contributed by atoms with E-state index in [2.05, 4.69) is 15.4 Å². The number of nitrogens with one attached hydrogen (secondary N) is 1. The molecule has 0 aliphatic heterocycles. The summed E-state index contributed by atoms with van der Waals surface area (Å²) in [7, 11) is 1.78. The van der Waals surface area contributed by atoms with Crippen molar-refractivity contribution in [3.63, 3.8) is 0 Å². The van der Waals surface area contributed by atoms with Crippen molar-refractivity contribution in [2.24, 2.45) is 7.05 Å². The van der Waals surface area contributed by atoms with Crippen LogP contribution < -0.4 is 11.1 Å².